The summed E-state index contributed by atoms with van der Waals surface area (Å²) < 4.78 is 0. The first kappa shape index (κ1) is 12.4. The lowest BCUT2D eigenvalue weighted by atomic mass is 9.94. The van der Waals surface area contributed by atoms with Gasteiger partial charge in [-0.05, 0) is 31.7 Å². The number of anilines is 1. The van der Waals surface area contributed by atoms with Gasteiger partial charge in [0.2, 0.25) is 0 Å². The van der Waals surface area contributed by atoms with Gasteiger partial charge >= 0.3 is 0 Å². The van der Waals surface area contributed by atoms with Gasteiger partial charge in [0, 0.05) is 24.3 Å². The molecule has 0 amide bonds. The van der Waals surface area contributed by atoms with Gasteiger partial charge in [-0.15, -0.1) is 0 Å². The minimum absolute atomic E-state index is 0.381. The van der Waals surface area contributed by atoms with Crippen LogP contribution in [0.25, 0.3) is 0 Å². The van der Waals surface area contributed by atoms with Crippen molar-refractivity contribution in [1.29, 1.82) is 0 Å². The maximum Gasteiger partial charge on any atom is 0.0781 e. The van der Waals surface area contributed by atoms with Crippen molar-refractivity contribution in [2.75, 3.05) is 18.0 Å². The predicted molar refractivity (Wildman–Crippen MR) is 72.3 cm³/mol. The largest absolute Gasteiger partial charge is 0.389 e. The van der Waals surface area contributed by atoms with E-state index in [1.807, 2.05) is 19.1 Å². The highest BCUT2D eigenvalue weighted by molar-refractivity contribution is 5.54. The molecule has 1 unspecified atom stereocenters. The van der Waals surface area contributed by atoms with E-state index in [0.717, 1.165) is 24.6 Å². The van der Waals surface area contributed by atoms with E-state index in [1.54, 1.807) is 0 Å². The van der Waals surface area contributed by atoms with Crippen molar-refractivity contribution in [2.24, 2.45) is 5.92 Å². The Labute approximate surface area is 104 Å². The third-order valence-electron chi connectivity index (χ3n) is 3.82. The highest BCUT2D eigenvalue weighted by Crippen LogP contribution is 2.30. The van der Waals surface area contributed by atoms with Crippen LogP contribution >= 0.6 is 0 Å². The molecule has 1 fully saturated rings. The summed E-state index contributed by atoms with van der Waals surface area (Å²) in [4.78, 5) is 2.44. The molecule has 17 heavy (non-hydrogen) atoms. The van der Waals surface area contributed by atoms with Gasteiger partial charge in [0.05, 0.1) is 6.10 Å². The van der Waals surface area contributed by atoms with Gasteiger partial charge in [-0.25, -0.2) is 0 Å². The fourth-order valence-corrected chi connectivity index (χ4v) is 2.75. The Balaban J connectivity index is 2.21. The van der Waals surface area contributed by atoms with E-state index in [0.29, 0.717) is 0 Å². The van der Waals surface area contributed by atoms with Crippen LogP contribution in [0.3, 0.4) is 0 Å². The highest BCUT2D eigenvalue weighted by atomic mass is 16.3. The zero-order chi connectivity index (χ0) is 12.3. The molecule has 0 aromatic heterocycles. The number of hydrogen-bond acceptors (Lipinski definition) is 2. The van der Waals surface area contributed by atoms with Crippen LogP contribution in [-0.2, 0) is 0 Å². The van der Waals surface area contributed by atoms with E-state index in [4.69, 9.17) is 0 Å². The fourth-order valence-electron chi connectivity index (χ4n) is 2.75. The summed E-state index contributed by atoms with van der Waals surface area (Å²) in [5, 5.41) is 9.83. The van der Waals surface area contributed by atoms with Crippen LogP contribution < -0.4 is 4.90 Å². The average Bonchev–Trinajstić information content (AvgIpc) is 2.39. The molecule has 2 atom stereocenters. The Kier molecular flexibility index (Phi) is 4.06. The lowest BCUT2D eigenvalue weighted by Gasteiger charge is -2.35. The second kappa shape index (κ2) is 5.54. The van der Waals surface area contributed by atoms with Crippen molar-refractivity contribution >= 4 is 5.69 Å². The minimum atomic E-state index is -0.381. The first-order chi connectivity index (χ1) is 8.22. The third kappa shape index (κ3) is 2.81. The van der Waals surface area contributed by atoms with Crippen LogP contribution in [0.4, 0.5) is 5.69 Å². The quantitative estimate of drug-likeness (QED) is 0.865. The molecule has 2 nitrogen and oxygen atoms in total. The molecule has 0 bridgehead atoms. The Morgan fingerprint density at radius 1 is 1.41 bits per heavy atom. The van der Waals surface area contributed by atoms with Gasteiger partial charge < -0.3 is 10.0 Å². The first-order valence-electron chi connectivity index (χ1n) is 6.74. The number of aliphatic hydroxyl groups excluding tert-OH is 1. The number of nitrogens with zero attached hydrogens (tertiary/aromatic N) is 1. The van der Waals surface area contributed by atoms with Gasteiger partial charge in [-0.1, -0.05) is 31.5 Å². The van der Waals surface area contributed by atoms with Crippen molar-refractivity contribution in [3.63, 3.8) is 0 Å². The Hall–Kier alpha value is -1.02. The van der Waals surface area contributed by atoms with Crippen LogP contribution in [-0.4, -0.2) is 18.2 Å². The van der Waals surface area contributed by atoms with Crippen LogP contribution in [0.15, 0.2) is 24.3 Å². The normalized spacial score (nSPS) is 22.5. The molecule has 1 heterocycles. The number of benzene rings is 1. The van der Waals surface area contributed by atoms with Gasteiger partial charge in [0.1, 0.15) is 0 Å². The molecular formula is C15H23NO. The molecule has 2 heteroatoms. The summed E-state index contributed by atoms with van der Waals surface area (Å²) in [6, 6.07) is 8.25. The van der Waals surface area contributed by atoms with Crippen molar-refractivity contribution in [2.45, 2.75) is 39.2 Å². The average molecular weight is 233 g/mol. The number of aliphatic hydroxyl groups is 1. The lowest BCUT2D eigenvalue weighted by Crippen LogP contribution is -2.35. The van der Waals surface area contributed by atoms with E-state index in [1.165, 1.54) is 24.9 Å². The van der Waals surface area contributed by atoms with Gasteiger partial charge in [0.15, 0.2) is 0 Å². The summed E-state index contributed by atoms with van der Waals surface area (Å²) in [6.45, 7) is 6.38. The molecule has 1 aromatic carbocycles. The standard InChI is InChI=1S/C15H23NO/c1-3-13-7-6-10-16(11-13)15-9-5-4-8-14(15)12(2)17/h4-5,8-9,12-13,17H,3,6-7,10-11H2,1-2H3/t12-,13?/m1/s1. The van der Waals surface area contributed by atoms with Gasteiger partial charge in [0.25, 0.3) is 0 Å². The second-order valence-electron chi connectivity index (χ2n) is 5.10. The SMILES string of the molecule is CCC1CCCN(c2ccccc2[C@@H](C)O)C1. The van der Waals surface area contributed by atoms with Crippen molar-refractivity contribution in [3.05, 3.63) is 29.8 Å². The smallest absolute Gasteiger partial charge is 0.0781 e. The number of para-hydroxylation sites is 1. The summed E-state index contributed by atoms with van der Waals surface area (Å²) in [5.74, 6) is 0.811. The Morgan fingerprint density at radius 2 is 2.18 bits per heavy atom. The zero-order valence-electron chi connectivity index (χ0n) is 10.9. The van der Waals surface area contributed by atoms with Crippen LogP contribution in [0, 0.1) is 5.92 Å². The number of piperidine rings is 1. The minimum Gasteiger partial charge on any atom is -0.389 e. The monoisotopic (exact) mass is 233 g/mol. The van der Waals surface area contributed by atoms with Crippen molar-refractivity contribution in [1.82, 2.24) is 0 Å². The summed E-state index contributed by atoms with van der Waals surface area (Å²) in [6.07, 6.45) is 3.50. The molecule has 2 rings (SSSR count). The van der Waals surface area contributed by atoms with Crippen LogP contribution in [0.5, 0.6) is 0 Å². The molecule has 0 saturated carbocycles. The topological polar surface area (TPSA) is 23.5 Å². The highest BCUT2D eigenvalue weighted by Gasteiger charge is 2.21. The molecule has 1 N–H and O–H groups in total. The Bertz CT molecular complexity index is 362. The molecule has 0 radical (unpaired) electrons. The predicted octanol–water partition coefficient (Wildman–Crippen LogP) is 3.37. The second-order valence-corrected chi connectivity index (χ2v) is 5.10. The number of rotatable bonds is 3. The lowest BCUT2D eigenvalue weighted by molar-refractivity contribution is 0.199. The summed E-state index contributed by atoms with van der Waals surface area (Å²) >= 11 is 0. The van der Waals surface area contributed by atoms with Crippen LogP contribution in [0.2, 0.25) is 0 Å². The van der Waals surface area contributed by atoms with Gasteiger partial charge in [-0.3, -0.25) is 0 Å². The Morgan fingerprint density at radius 3 is 2.88 bits per heavy atom. The van der Waals surface area contributed by atoms with Crippen molar-refractivity contribution in [3.8, 4) is 0 Å². The molecule has 94 valence electrons. The molecule has 1 aromatic rings. The van der Waals surface area contributed by atoms with Crippen LogP contribution in [0.1, 0.15) is 44.8 Å². The summed E-state index contributed by atoms with van der Waals surface area (Å²) in [5.41, 5.74) is 2.28. The fraction of sp³-hybridized carbons (Fsp3) is 0.600. The molecular weight excluding hydrogens is 210 g/mol. The van der Waals surface area contributed by atoms with Gasteiger partial charge in [-0.2, -0.15) is 0 Å². The van der Waals surface area contributed by atoms with E-state index in [2.05, 4.69) is 24.0 Å². The van der Waals surface area contributed by atoms with Crippen molar-refractivity contribution < 1.29 is 5.11 Å². The zero-order valence-corrected chi connectivity index (χ0v) is 10.9. The third-order valence-corrected chi connectivity index (χ3v) is 3.82. The number of hydrogen-bond donors (Lipinski definition) is 1. The summed E-state index contributed by atoms with van der Waals surface area (Å²) in [7, 11) is 0. The molecule has 0 spiro atoms. The van der Waals surface area contributed by atoms with E-state index >= 15 is 0 Å². The van der Waals surface area contributed by atoms with E-state index < -0.39 is 0 Å². The molecule has 1 aliphatic rings. The molecule has 1 saturated heterocycles. The molecule has 0 aliphatic carbocycles. The maximum atomic E-state index is 9.83. The molecule has 1 aliphatic heterocycles. The van der Waals surface area contributed by atoms with E-state index in [-0.39, 0.29) is 6.10 Å². The first-order valence-corrected chi connectivity index (χ1v) is 6.74. The maximum absolute atomic E-state index is 9.83. The van der Waals surface area contributed by atoms with E-state index in [9.17, 15) is 5.11 Å².